The first-order chi connectivity index (χ1) is 15.5. The normalized spacial score (nSPS) is 15.8. The fourth-order valence-electron chi connectivity index (χ4n) is 3.47. The Labute approximate surface area is 188 Å². The summed E-state index contributed by atoms with van der Waals surface area (Å²) >= 11 is 1.35. The van der Waals surface area contributed by atoms with Crippen LogP contribution in [-0.4, -0.2) is 50.9 Å². The summed E-state index contributed by atoms with van der Waals surface area (Å²) in [6.45, 7) is 4.54. The van der Waals surface area contributed by atoms with Gasteiger partial charge in [-0.2, -0.15) is 5.10 Å². The van der Waals surface area contributed by atoms with E-state index in [1.165, 1.54) is 17.4 Å². The number of thiazole rings is 1. The number of piperidine rings is 1. The van der Waals surface area contributed by atoms with Crippen LogP contribution in [0, 0.1) is 5.92 Å². The Bertz CT molecular complexity index is 1120. The van der Waals surface area contributed by atoms with Crippen molar-refractivity contribution < 1.29 is 14.4 Å². The van der Waals surface area contributed by atoms with Crippen molar-refractivity contribution in [3.05, 3.63) is 60.3 Å². The van der Waals surface area contributed by atoms with Crippen molar-refractivity contribution in [1.29, 1.82) is 0 Å². The van der Waals surface area contributed by atoms with Crippen LogP contribution in [0.25, 0.3) is 10.7 Å². The Hall–Kier alpha value is -3.79. The minimum Gasteiger partial charge on any atom is -0.338 e. The lowest BCUT2D eigenvalue weighted by atomic mass is 9.97. The van der Waals surface area contributed by atoms with Crippen LogP contribution in [0.2, 0.25) is 0 Å². The second-order valence-corrected chi connectivity index (χ2v) is 8.21. The van der Waals surface area contributed by atoms with E-state index < -0.39 is 0 Å². The van der Waals surface area contributed by atoms with E-state index in [1.54, 1.807) is 46.8 Å². The lowest BCUT2D eigenvalue weighted by Crippen LogP contribution is -2.43. The molecular weight excluding hydrogens is 428 g/mol. The molecule has 2 aromatic heterocycles. The van der Waals surface area contributed by atoms with Gasteiger partial charge in [-0.05, 0) is 49.2 Å². The number of anilines is 2. The molecule has 3 N–H and O–H groups in total. The predicted molar refractivity (Wildman–Crippen MR) is 122 cm³/mol. The molecule has 3 amide bonds. The summed E-state index contributed by atoms with van der Waals surface area (Å²) in [6.07, 6.45) is 4.41. The molecule has 0 spiro atoms. The quantitative estimate of drug-likeness (QED) is 0.498. The van der Waals surface area contributed by atoms with Gasteiger partial charge in [-0.15, -0.1) is 11.3 Å². The van der Waals surface area contributed by atoms with Gasteiger partial charge in [0, 0.05) is 36.0 Å². The largest absolute Gasteiger partial charge is 0.338 e. The van der Waals surface area contributed by atoms with Crippen molar-refractivity contribution in [1.82, 2.24) is 20.1 Å². The third-order valence-electron chi connectivity index (χ3n) is 5.16. The number of hydrogen-bond donors (Lipinski definition) is 3. The summed E-state index contributed by atoms with van der Waals surface area (Å²) in [5.74, 6) is -0.865. The van der Waals surface area contributed by atoms with E-state index in [0.717, 1.165) is 18.5 Å². The molecule has 3 heterocycles. The molecule has 1 aromatic carbocycles. The van der Waals surface area contributed by atoms with Crippen molar-refractivity contribution in [3.63, 3.8) is 0 Å². The second kappa shape index (κ2) is 9.56. The molecule has 1 saturated heterocycles. The topological polar surface area (TPSA) is 120 Å². The molecule has 3 aromatic rings. The van der Waals surface area contributed by atoms with Crippen LogP contribution in [0.4, 0.5) is 11.4 Å². The van der Waals surface area contributed by atoms with Gasteiger partial charge < -0.3 is 15.5 Å². The zero-order chi connectivity index (χ0) is 22.5. The first kappa shape index (κ1) is 21.4. The van der Waals surface area contributed by atoms with Gasteiger partial charge in [-0.3, -0.25) is 19.5 Å². The summed E-state index contributed by atoms with van der Waals surface area (Å²) in [5, 5.41) is 14.8. The molecule has 1 aliphatic rings. The Morgan fingerprint density at radius 1 is 1.16 bits per heavy atom. The van der Waals surface area contributed by atoms with Crippen molar-refractivity contribution in [3.8, 4) is 10.7 Å². The fourth-order valence-corrected chi connectivity index (χ4v) is 4.25. The van der Waals surface area contributed by atoms with Crippen LogP contribution in [0.15, 0.2) is 54.6 Å². The molecular formula is C22H22N6O3S. The predicted octanol–water partition coefficient (Wildman–Crippen LogP) is 3.15. The van der Waals surface area contributed by atoms with Crippen LogP contribution in [0.3, 0.4) is 0 Å². The molecule has 1 aliphatic heterocycles. The van der Waals surface area contributed by atoms with E-state index in [9.17, 15) is 14.4 Å². The number of carbonyl (C=O) groups is 3. The standard InChI is InChI=1S/C22H22N6O3S/c1-2-19(29)28-11-3-4-14(12-28)20(30)24-15-5-7-16(8-6-15)25-21(31)18-13-32-22(26-18)17-9-10-23-27-17/h2,5-10,13-14H,1,3-4,11-12H2,(H,23,27)(H,24,30)(H,25,31). The molecule has 0 aliphatic carbocycles. The highest BCUT2D eigenvalue weighted by atomic mass is 32.1. The zero-order valence-corrected chi connectivity index (χ0v) is 18.0. The molecule has 1 fully saturated rings. The minimum absolute atomic E-state index is 0.128. The summed E-state index contributed by atoms with van der Waals surface area (Å²) in [4.78, 5) is 42.9. The maximum Gasteiger partial charge on any atom is 0.275 e. The Kier molecular flexibility index (Phi) is 6.41. The first-order valence-corrected chi connectivity index (χ1v) is 11.0. The van der Waals surface area contributed by atoms with E-state index in [0.29, 0.717) is 35.2 Å². The number of nitrogens with zero attached hydrogens (tertiary/aromatic N) is 3. The molecule has 164 valence electrons. The fraction of sp³-hybridized carbons (Fsp3) is 0.227. The SMILES string of the molecule is C=CC(=O)N1CCCC(C(=O)Nc2ccc(NC(=O)c3csc(-c4ccn[nH]4)n3)cc2)C1. The molecule has 32 heavy (non-hydrogen) atoms. The van der Waals surface area contributed by atoms with Crippen LogP contribution >= 0.6 is 11.3 Å². The number of nitrogens with one attached hydrogen (secondary N) is 3. The molecule has 10 heteroatoms. The van der Waals surface area contributed by atoms with Crippen LogP contribution in [0.1, 0.15) is 23.3 Å². The Morgan fingerprint density at radius 3 is 2.59 bits per heavy atom. The van der Waals surface area contributed by atoms with E-state index in [2.05, 4.69) is 32.4 Å². The molecule has 1 atom stereocenters. The maximum atomic E-state index is 12.6. The Morgan fingerprint density at radius 2 is 1.91 bits per heavy atom. The highest BCUT2D eigenvalue weighted by molar-refractivity contribution is 7.13. The third kappa shape index (κ3) is 4.92. The van der Waals surface area contributed by atoms with Crippen LogP contribution in [0.5, 0.6) is 0 Å². The number of likely N-dealkylation sites (tertiary alicyclic amines) is 1. The number of aromatic amines is 1. The summed E-state index contributed by atoms with van der Waals surface area (Å²) < 4.78 is 0. The molecule has 0 bridgehead atoms. The van der Waals surface area contributed by atoms with Crippen molar-refractivity contribution >= 4 is 40.4 Å². The molecule has 4 rings (SSSR count). The van der Waals surface area contributed by atoms with Gasteiger partial charge >= 0.3 is 0 Å². The van der Waals surface area contributed by atoms with Crippen LogP contribution < -0.4 is 10.6 Å². The monoisotopic (exact) mass is 450 g/mol. The summed E-state index contributed by atoms with van der Waals surface area (Å²) in [7, 11) is 0. The number of benzene rings is 1. The maximum absolute atomic E-state index is 12.6. The zero-order valence-electron chi connectivity index (χ0n) is 17.2. The average Bonchev–Trinajstić information content (AvgIpc) is 3.52. The molecule has 1 unspecified atom stereocenters. The second-order valence-electron chi connectivity index (χ2n) is 7.36. The van der Waals surface area contributed by atoms with E-state index in [1.807, 2.05) is 0 Å². The first-order valence-electron chi connectivity index (χ1n) is 10.1. The highest BCUT2D eigenvalue weighted by Gasteiger charge is 2.27. The lowest BCUT2D eigenvalue weighted by molar-refractivity contribution is -0.130. The number of carbonyl (C=O) groups excluding carboxylic acids is 3. The van der Waals surface area contributed by atoms with Crippen molar-refractivity contribution in [2.45, 2.75) is 12.8 Å². The van der Waals surface area contributed by atoms with E-state index >= 15 is 0 Å². The molecule has 0 saturated carbocycles. The summed E-state index contributed by atoms with van der Waals surface area (Å²) in [6, 6.07) is 8.66. The van der Waals surface area contributed by atoms with Gasteiger partial charge in [0.25, 0.3) is 5.91 Å². The molecule has 0 radical (unpaired) electrons. The average molecular weight is 451 g/mol. The lowest BCUT2D eigenvalue weighted by Gasteiger charge is -2.31. The summed E-state index contributed by atoms with van der Waals surface area (Å²) in [5.41, 5.74) is 2.27. The van der Waals surface area contributed by atoms with Gasteiger partial charge in [-0.25, -0.2) is 4.98 Å². The van der Waals surface area contributed by atoms with Crippen molar-refractivity contribution in [2.75, 3.05) is 23.7 Å². The van der Waals surface area contributed by atoms with E-state index in [-0.39, 0.29) is 23.6 Å². The number of amides is 3. The van der Waals surface area contributed by atoms with Gasteiger partial charge in [-0.1, -0.05) is 6.58 Å². The number of hydrogen-bond acceptors (Lipinski definition) is 6. The minimum atomic E-state index is -0.321. The van der Waals surface area contributed by atoms with Gasteiger partial charge in [0.1, 0.15) is 10.7 Å². The number of aromatic nitrogens is 3. The van der Waals surface area contributed by atoms with Gasteiger partial charge in [0.15, 0.2) is 0 Å². The highest BCUT2D eigenvalue weighted by Crippen LogP contribution is 2.23. The number of rotatable bonds is 6. The van der Waals surface area contributed by atoms with Gasteiger partial charge in [0.05, 0.1) is 11.6 Å². The van der Waals surface area contributed by atoms with Crippen LogP contribution in [-0.2, 0) is 9.59 Å². The molecule has 9 nitrogen and oxygen atoms in total. The van der Waals surface area contributed by atoms with Crippen molar-refractivity contribution in [2.24, 2.45) is 5.92 Å². The Balaban J connectivity index is 1.33. The number of H-pyrrole nitrogens is 1. The van der Waals surface area contributed by atoms with E-state index in [4.69, 9.17) is 0 Å². The van der Waals surface area contributed by atoms with Gasteiger partial charge in [0.2, 0.25) is 11.8 Å². The smallest absolute Gasteiger partial charge is 0.275 e. The third-order valence-corrected chi connectivity index (χ3v) is 6.03.